The molecule has 0 bridgehead atoms. The molecule has 1 atom stereocenters. The van der Waals surface area contributed by atoms with E-state index in [9.17, 15) is 4.39 Å². The molecule has 0 spiro atoms. The molecule has 4 heteroatoms. The molecule has 1 aromatic carbocycles. The summed E-state index contributed by atoms with van der Waals surface area (Å²) in [4.78, 5) is 1.21. The van der Waals surface area contributed by atoms with Crippen molar-refractivity contribution in [3.63, 3.8) is 0 Å². The molecule has 2 heterocycles. The Kier molecular flexibility index (Phi) is 2.88. The summed E-state index contributed by atoms with van der Waals surface area (Å²) in [6, 6.07) is 5.84. The first-order chi connectivity index (χ1) is 7.83. The van der Waals surface area contributed by atoms with Gasteiger partial charge in [-0.1, -0.05) is 0 Å². The van der Waals surface area contributed by atoms with Crippen LogP contribution in [0.5, 0.6) is 0 Å². The zero-order valence-electron chi connectivity index (χ0n) is 8.91. The summed E-state index contributed by atoms with van der Waals surface area (Å²) in [5.74, 6) is 0.960. The number of hydrogen-bond donors (Lipinski definition) is 1. The van der Waals surface area contributed by atoms with E-state index in [1.807, 2.05) is 17.8 Å². The van der Waals surface area contributed by atoms with Crippen molar-refractivity contribution in [2.75, 3.05) is 19.0 Å². The first-order valence-electron chi connectivity index (χ1n) is 5.59. The second kappa shape index (κ2) is 4.35. The van der Waals surface area contributed by atoms with Gasteiger partial charge in [0.05, 0.1) is 19.3 Å². The Hall–Kier alpha value is -0.580. The van der Waals surface area contributed by atoms with E-state index in [1.165, 1.54) is 4.90 Å². The van der Waals surface area contributed by atoms with Gasteiger partial charge in [0.2, 0.25) is 0 Å². The number of ether oxygens (including phenoxy) is 1. The lowest BCUT2D eigenvalue weighted by Crippen LogP contribution is -2.47. The number of fused-ring (bicyclic) bond motifs is 1. The number of rotatable bonds is 2. The lowest BCUT2D eigenvalue weighted by atomic mass is 10.0. The Bertz CT molecular complexity index is 395. The van der Waals surface area contributed by atoms with Gasteiger partial charge in [0.15, 0.2) is 0 Å². The Labute approximate surface area is 98.6 Å². The topological polar surface area (TPSA) is 21.3 Å². The molecule has 1 N–H and O–H groups in total. The number of benzene rings is 1. The molecule has 0 aromatic heterocycles. The van der Waals surface area contributed by atoms with E-state index in [4.69, 9.17) is 4.74 Å². The van der Waals surface area contributed by atoms with E-state index in [2.05, 4.69) is 5.32 Å². The van der Waals surface area contributed by atoms with Crippen LogP contribution in [0, 0.1) is 5.82 Å². The average molecular weight is 239 g/mol. The number of hydrogen-bond acceptors (Lipinski definition) is 3. The Balaban J connectivity index is 1.83. The second-order valence-corrected chi connectivity index (χ2v) is 5.41. The third-order valence-electron chi connectivity index (χ3n) is 3.09. The van der Waals surface area contributed by atoms with Crippen molar-refractivity contribution in [3.05, 3.63) is 29.6 Å². The van der Waals surface area contributed by atoms with Crippen molar-refractivity contribution in [2.24, 2.45) is 0 Å². The second-order valence-electron chi connectivity index (χ2n) is 4.27. The van der Waals surface area contributed by atoms with Crippen LogP contribution in [0.2, 0.25) is 0 Å². The van der Waals surface area contributed by atoms with Gasteiger partial charge in [-0.15, -0.1) is 11.8 Å². The molecule has 3 rings (SSSR count). The van der Waals surface area contributed by atoms with E-state index in [0.29, 0.717) is 12.1 Å². The molecular weight excluding hydrogens is 225 g/mol. The summed E-state index contributed by atoms with van der Waals surface area (Å²) in [6.07, 6.45) is 1.07. The molecule has 2 aliphatic heterocycles. The van der Waals surface area contributed by atoms with Gasteiger partial charge in [-0.05, 0) is 35.9 Å². The van der Waals surface area contributed by atoms with Gasteiger partial charge in [0.1, 0.15) is 5.82 Å². The van der Waals surface area contributed by atoms with Crippen LogP contribution in [0.3, 0.4) is 0 Å². The Morgan fingerprint density at radius 2 is 2.25 bits per heavy atom. The van der Waals surface area contributed by atoms with E-state index in [-0.39, 0.29) is 5.82 Å². The smallest absolute Gasteiger partial charge is 0.123 e. The third kappa shape index (κ3) is 1.97. The van der Waals surface area contributed by atoms with E-state index in [0.717, 1.165) is 31.0 Å². The number of thioether (sulfide) groups is 1. The molecule has 1 unspecified atom stereocenters. The van der Waals surface area contributed by atoms with Crippen LogP contribution in [0.25, 0.3) is 0 Å². The van der Waals surface area contributed by atoms with E-state index < -0.39 is 0 Å². The molecule has 2 aliphatic rings. The monoisotopic (exact) mass is 239 g/mol. The minimum absolute atomic E-state index is 0.141. The number of halogens is 1. The predicted molar refractivity (Wildman–Crippen MR) is 62.2 cm³/mol. The molecule has 16 heavy (non-hydrogen) atoms. The quantitative estimate of drug-likeness (QED) is 0.856. The van der Waals surface area contributed by atoms with Crippen LogP contribution in [0.4, 0.5) is 4.39 Å². The molecule has 0 saturated carbocycles. The number of nitrogens with one attached hydrogen (secondary N) is 1. The van der Waals surface area contributed by atoms with Gasteiger partial charge in [-0.3, -0.25) is 0 Å². The van der Waals surface area contributed by atoms with Gasteiger partial charge < -0.3 is 10.1 Å². The summed E-state index contributed by atoms with van der Waals surface area (Å²) in [5, 5.41) is 3.53. The molecular formula is C12H14FNOS. The fourth-order valence-electron chi connectivity index (χ4n) is 2.15. The highest BCUT2D eigenvalue weighted by Gasteiger charge is 2.26. The van der Waals surface area contributed by atoms with E-state index in [1.54, 1.807) is 12.1 Å². The van der Waals surface area contributed by atoms with Gasteiger partial charge in [-0.25, -0.2) is 4.39 Å². The molecule has 2 nitrogen and oxygen atoms in total. The van der Waals surface area contributed by atoms with Crippen molar-refractivity contribution >= 4 is 11.8 Å². The summed E-state index contributed by atoms with van der Waals surface area (Å²) < 4.78 is 18.4. The zero-order valence-corrected chi connectivity index (χ0v) is 9.73. The van der Waals surface area contributed by atoms with Gasteiger partial charge in [0, 0.05) is 10.9 Å². The van der Waals surface area contributed by atoms with Gasteiger partial charge in [-0.2, -0.15) is 0 Å². The van der Waals surface area contributed by atoms with Crippen LogP contribution in [0.1, 0.15) is 18.0 Å². The van der Waals surface area contributed by atoms with Crippen molar-refractivity contribution < 1.29 is 9.13 Å². The zero-order chi connectivity index (χ0) is 11.0. The maximum absolute atomic E-state index is 13.2. The van der Waals surface area contributed by atoms with Crippen LogP contribution in [0.15, 0.2) is 23.1 Å². The van der Waals surface area contributed by atoms with Crippen LogP contribution in [-0.4, -0.2) is 25.0 Å². The summed E-state index contributed by atoms with van der Waals surface area (Å²) >= 11 is 1.82. The summed E-state index contributed by atoms with van der Waals surface area (Å²) in [6.45, 7) is 1.57. The standard InChI is InChI=1S/C12H14FNOS/c13-8-1-2-12-10(5-8)11(3-4-16-12)14-9-6-15-7-9/h1-2,5,9,11,14H,3-4,6-7H2. The Morgan fingerprint density at radius 1 is 1.38 bits per heavy atom. The minimum atomic E-state index is -0.141. The fourth-order valence-corrected chi connectivity index (χ4v) is 3.26. The van der Waals surface area contributed by atoms with Crippen LogP contribution < -0.4 is 5.32 Å². The lowest BCUT2D eigenvalue weighted by molar-refractivity contribution is -0.0105. The summed E-state index contributed by atoms with van der Waals surface area (Å²) in [5.41, 5.74) is 1.11. The lowest BCUT2D eigenvalue weighted by Gasteiger charge is -2.34. The molecule has 0 amide bonds. The van der Waals surface area contributed by atoms with Crippen molar-refractivity contribution in [2.45, 2.75) is 23.4 Å². The molecule has 1 aromatic rings. The highest BCUT2D eigenvalue weighted by Crippen LogP contribution is 2.36. The molecule has 0 radical (unpaired) electrons. The molecule has 0 aliphatic carbocycles. The predicted octanol–water partition coefficient (Wildman–Crippen LogP) is 2.35. The van der Waals surface area contributed by atoms with Crippen molar-refractivity contribution in [1.82, 2.24) is 5.32 Å². The highest BCUT2D eigenvalue weighted by atomic mass is 32.2. The largest absolute Gasteiger partial charge is 0.378 e. The van der Waals surface area contributed by atoms with Crippen molar-refractivity contribution in [3.8, 4) is 0 Å². The van der Waals surface area contributed by atoms with Crippen molar-refractivity contribution in [1.29, 1.82) is 0 Å². The Morgan fingerprint density at radius 3 is 3.00 bits per heavy atom. The van der Waals surface area contributed by atoms with Crippen LogP contribution >= 0.6 is 11.8 Å². The first kappa shape index (κ1) is 10.6. The van der Waals surface area contributed by atoms with Gasteiger partial charge >= 0.3 is 0 Å². The molecule has 1 fully saturated rings. The molecule has 86 valence electrons. The SMILES string of the molecule is Fc1ccc2c(c1)C(NC1COC1)CCS2. The maximum atomic E-state index is 13.2. The average Bonchev–Trinajstić information content (AvgIpc) is 2.23. The fraction of sp³-hybridized carbons (Fsp3) is 0.500. The van der Waals surface area contributed by atoms with E-state index >= 15 is 0 Å². The normalized spacial score (nSPS) is 24.9. The minimum Gasteiger partial charge on any atom is -0.378 e. The summed E-state index contributed by atoms with van der Waals surface area (Å²) in [7, 11) is 0. The highest BCUT2D eigenvalue weighted by molar-refractivity contribution is 7.99. The third-order valence-corrected chi connectivity index (χ3v) is 4.21. The molecule has 1 saturated heterocycles. The van der Waals surface area contributed by atoms with Crippen LogP contribution in [-0.2, 0) is 4.74 Å². The first-order valence-corrected chi connectivity index (χ1v) is 6.57. The maximum Gasteiger partial charge on any atom is 0.123 e. The van der Waals surface area contributed by atoms with Gasteiger partial charge in [0.25, 0.3) is 0 Å².